The van der Waals surface area contributed by atoms with Crippen molar-refractivity contribution in [3.63, 3.8) is 0 Å². The predicted octanol–water partition coefficient (Wildman–Crippen LogP) is 1.71. The average molecular weight is 347 g/mol. The summed E-state index contributed by atoms with van der Waals surface area (Å²) in [7, 11) is 0. The third kappa shape index (κ3) is 3.29. The molecule has 0 bridgehead atoms. The number of rotatable bonds is 3. The Morgan fingerprint density at radius 3 is 2.56 bits per heavy atom. The van der Waals surface area contributed by atoms with Crippen LogP contribution in [0.2, 0.25) is 0 Å². The van der Waals surface area contributed by atoms with Gasteiger partial charge in [-0.1, -0.05) is 0 Å². The number of oxazole rings is 1. The number of amides is 2. The Labute approximate surface area is 147 Å². The number of carbonyl (C=O) groups excluding carboxylic acids is 2. The van der Waals surface area contributed by atoms with E-state index < -0.39 is 6.04 Å². The van der Waals surface area contributed by atoms with E-state index in [1.807, 2.05) is 11.8 Å². The maximum Gasteiger partial charge on any atom is 0.292 e. The molecule has 0 spiro atoms. The minimum atomic E-state index is -0.395. The quantitative estimate of drug-likeness (QED) is 0.832. The smallest absolute Gasteiger partial charge is 0.292 e. The van der Waals surface area contributed by atoms with Gasteiger partial charge in [-0.05, 0) is 39.0 Å². The molecule has 1 aromatic heterocycles. The van der Waals surface area contributed by atoms with Gasteiger partial charge in [0.15, 0.2) is 5.89 Å². The molecule has 2 saturated heterocycles. The van der Waals surface area contributed by atoms with Crippen LogP contribution in [0.25, 0.3) is 0 Å². The van der Waals surface area contributed by atoms with E-state index in [1.54, 1.807) is 4.90 Å². The molecule has 1 saturated carbocycles. The lowest BCUT2D eigenvalue weighted by Crippen LogP contribution is -2.55. The maximum atomic E-state index is 13.1. The van der Waals surface area contributed by atoms with Gasteiger partial charge in [0.05, 0.1) is 18.9 Å². The van der Waals surface area contributed by atoms with Gasteiger partial charge < -0.3 is 19.0 Å². The van der Waals surface area contributed by atoms with Gasteiger partial charge in [-0.15, -0.1) is 0 Å². The van der Waals surface area contributed by atoms with E-state index in [4.69, 9.17) is 9.15 Å². The Kier molecular flexibility index (Phi) is 4.50. The minimum Gasteiger partial charge on any atom is -0.435 e. The lowest BCUT2D eigenvalue weighted by atomic mass is 10.00. The van der Waals surface area contributed by atoms with Gasteiger partial charge in [-0.2, -0.15) is 0 Å². The van der Waals surface area contributed by atoms with Gasteiger partial charge in [0.25, 0.3) is 5.91 Å². The summed E-state index contributed by atoms with van der Waals surface area (Å²) in [6.45, 7) is 4.75. The average Bonchev–Trinajstić information content (AvgIpc) is 3.43. The fourth-order valence-corrected chi connectivity index (χ4v) is 3.68. The van der Waals surface area contributed by atoms with E-state index in [2.05, 4.69) is 4.98 Å². The van der Waals surface area contributed by atoms with Gasteiger partial charge in [-0.3, -0.25) is 9.59 Å². The summed E-state index contributed by atoms with van der Waals surface area (Å²) in [4.78, 5) is 34.0. The van der Waals surface area contributed by atoms with Gasteiger partial charge in [0, 0.05) is 25.6 Å². The lowest BCUT2D eigenvalue weighted by Gasteiger charge is -2.38. The van der Waals surface area contributed by atoms with Crippen LogP contribution in [-0.4, -0.2) is 65.5 Å². The van der Waals surface area contributed by atoms with Crippen molar-refractivity contribution in [1.29, 1.82) is 0 Å². The highest BCUT2D eigenvalue weighted by atomic mass is 16.5. The first-order valence-electron chi connectivity index (χ1n) is 9.30. The monoisotopic (exact) mass is 347 g/mol. The van der Waals surface area contributed by atoms with Crippen molar-refractivity contribution in [3.8, 4) is 0 Å². The van der Waals surface area contributed by atoms with Crippen LogP contribution in [-0.2, 0) is 9.53 Å². The summed E-state index contributed by atoms with van der Waals surface area (Å²) in [5.74, 6) is 1.20. The third-order valence-electron chi connectivity index (χ3n) is 5.31. The molecule has 3 fully saturated rings. The molecule has 3 heterocycles. The molecule has 2 amide bonds. The van der Waals surface area contributed by atoms with Gasteiger partial charge in [0.1, 0.15) is 6.04 Å². The molecule has 136 valence electrons. The Morgan fingerprint density at radius 2 is 1.84 bits per heavy atom. The zero-order valence-corrected chi connectivity index (χ0v) is 14.7. The lowest BCUT2D eigenvalue weighted by molar-refractivity contribution is -0.141. The second-order valence-corrected chi connectivity index (χ2v) is 7.19. The highest BCUT2D eigenvalue weighted by Gasteiger charge is 2.38. The van der Waals surface area contributed by atoms with Crippen molar-refractivity contribution in [3.05, 3.63) is 17.3 Å². The summed E-state index contributed by atoms with van der Waals surface area (Å²) >= 11 is 0. The molecular weight excluding hydrogens is 322 g/mol. The summed E-state index contributed by atoms with van der Waals surface area (Å²) in [6.07, 6.45) is 4.75. The molecule has 7 nitrogen and oxygen atoms in total. The molecular formula is C18H25N3O4. The number of hydrogen-bond acceptors (Lipinski definition) is 5. The summed E-state index contributed by atoms with van der Waals surface area (Å²) in [5.41, 5.74) is 0.634. The number of likely N-dealkylation sites (tertiary alicyclic amines) is 1. The van der Waals surface area contributed by atoms with Crippen molar-refractivity contribution in [2.45, 2.75) is 51.0 Å². The Morgan fingerprint density at radius 1 is 1.08 bits per heavy atom. The van der Waals surface area contributed by atoms with Gasteiger partial charge in [0.2, 0.25) is 11.7 Å². The normalized spacial score (nSPS) is 24.4. The predicted molar refractivity (Wildman–Crippen MR) is 89.3 cm³/mol. The van der Waals surface area contributed by atoms with Crippen molar-refractivity contribution in [1.82, 2.24) is 14.8 Å². The van der Waals surface area contributed by atoms with Gasteiger partial charge >= 0.3 is 0 Å². The SMILES string of the molecule is Cc1nc(C2CC2)oc1C(=O)N1CCCC[C@@H]1C(=O)N1CCOCC1. The molecule has 1 aromatic rings. The first-order chi connectivity index (χ1) is 12.1. The second-order valence-electron chi connectivity index (χ2n) is 7.19. The van der Waals surface area contributed by atoms with E-state index in [0.29, 0.717) is 62.5 Å². The number of carbonyl (C=O) groups is 2. The number of aryl methyl sites for hydroxylation is 1. The fraction of sp³-hybridized carbons (Fsp3) is 0.722. The number of nitrogens with zero attached hydrogens (tertiary/aromatic N) is 3. The Hall–Kier alpha value is -1.89. The van der Waals surface area contributed by atoms with Crippen molar-refractivity contribution in [2.75, 3.05) is 32.8 Å². The summed E-state index contributed by atoms with van der Waals surface area (Å²) in [6, 6.07) is -0.395. The molecule has 2 aliphatic heterocycles. The van der Waals surface area contributed by atoms with Crippen LogP contribution in [0.4, 0.5) is 0 Å². The maximum absolute atomic E-state index is 13.1. The van der Waals surface area contributed by atoms with E-state index >= 15 is 0 Å². The van der Waals surface area contributed by atoms with Crippen LogP contribution in [0.3, 0.4) is 0 Å². The van der Waals surface area contributed by atoms with Crippen molar-refractivity contribution >= 4 is 11.8 Å². The van der Waals surface area contributed by atoms with Crippen LogP contribution < -0.4 is 0 Å². The molecule has 0 radical (unpaired) electrons. The van der Waals surface area contributed by atoms with E-state index in [1.165, 1.54) is 0 Å². The first-order valence-corrected chi connectivity index (χ1v) is 9.30. The zero-order valence-electron chi connectivity index (χ0n) is 14.7. The van der Waals surface area contributed by atoms with Crippen molar-refractivity contribution < 1.29 is 18.7 Å². The Balaban J connectivity index is 1.53. The minimum absolute atomic E-state index is 0.0379. The highest BCUT2D eigenvalue weighted by Crippen LogP contribution is 2.40. The summed E-state index contributed by atoms with van der Waals surface area (Å²) in [5, 5.41) is 0. The van der Waals surface area contributed by atoms with Crippen LogP contribution >= 0.6 is 0 Å². The van der Waals surface area contributed by atoms with Crippen molar-refractivity contribution in [2.24, 2.45) is 0 Å². The summed E-state index contributed by atoms with van der Waals surface area (Å²) < 4.78 is 11.1. The molecule has 1 aliphatic carbocycles. The van der Waals surface area contributed by atoms with Crippen LogP contribution in [0.5, 0.6) is 0 Å². The Bertz CT molecular complexity index is 661. The molecule has 1 atom stereocenters. The molecule has 0 unspecified atom stereocenters. The number of aromatic nitrogens is 1. The van der Waals surface area contributed by atoms with Crippen LogP contribution in [0, 0.1) is 6.92 Å². The van der Waals surface area contributed by atoms with Crippen LogP contribution in [0.15, 0.2) is 4.42 Å². The number of piperidine rings is 1. The number of morpholine rings is 1. The topological polar surface area (TPSA) is 75.9 Å². The third-order valence-corrected chi connectivity index (χ3v) is 5.31. The highest BCUT2D eigenvalue weighted by molar-refractivity contribution is 5.96. The second kappa shape index (κ2) is 6.78. The molecule has 4 rings (SSSR count). The van der Waals surface area contributed by atoms with E-state index in [0.717, 1.165) is 25.7 Å². The number of hydrogen-bond donors (Lipinski definition) is 0. The number of ether oxygens (including phenoxy) is 1. The molecule has 7 heteroatoms. The molecule has 25 heavy (non-hydrogen) atoms. The van der Waals surface area contributed by atoms with E-state index in [9.17, 15) is 9.59 Å². The van der Waals surface area contributed by atoms with Gasteiger partial charge in [-0.25, -0.2) is 4.98 Å². The molecule has 3 aliphatic rings. The molecule has 0 N–H and O–H groups in total. The fourth-order valence-electron chi connectivity index (χ4n) is 3.68. The van der Waals surface area contributed by atoms with Crippen LogP contribution in [0.1, 0.15) is 60.2 Å². The van der Waals surface area contributed by atoms with E-state index in [-0.39, 0.29) is 11.8 Å². The standard InChI is InChI=1S/C18H25N3O4/c1-12-15(25-16(19-12)13-5-6-13)18(23)21-7-3-2-4-14(21)17(22)20-8-10-24-11-9-20/h13-14H,2-11H2,1H3/t14-/m1/s1. The largest absolute Gasteiger partial charge is 0.435 e. The first kappa shape index (κ1) is 16.6. The molecule has 0 aromatic carbocycles. The zero-order chi connectivity index (χ0) is 17.4.